The van der Waals surface area contributed by atoms with Crippen LogP contribution in [-0.2, 0) is 6.42 Å². The second-order valence-electron chi connectivity index (χ2n) is 7.43. The number of hydrogen-bond acceptors (Lipinski definition) is 5. The van der Waals surface area contributed by atoms with Gasteiger partial charge in [-0.25, -0.2) is 4.98 Å². The van der Waals surface area contributed by atoms with E-state index in [9.17, 15) is 9.59 Å². The van der Waals surface area contributed by atoms with Gasteiger partial charge >= 0.3 is 0 Å². The second kappa shape index (κ2) is 6.15. The van der Waals surface area contributed by atoms with Crippen molar-refractivity contribution in [1.82, 2.24) is 4.98 Å². The molecule has 0 atom stereocenters. The Bertz CT molecular complexity index is 1070. The number of fused-ring (bicyclic) bond motifs is 2. The number of carbonyl (C=O) groups excluding carboxylic acids is 2. The van der Waals surface area contributed by atoms with E-state index in [4.69, 9.17) is 11.6 Å². The van der Waals surface area contributed by atoms with Gasteiger partial charge < -0.3 is 0 Å². The standard InChI is InChI=1S/C19H17ClN2O2S2/c1-9-4-5-10-13(6-9)25-16(14(10)20)17(24)22-18-21-11-7-19(2,3)8-12(23)15(11)26-18/h4-6H,7-8H2,1-3H3,(H,21,22,24). The van der Waals surface area contributed by atoms with Crippen LogP contribution in [0.15, 0.2) is 18.2 Å². The fraction of sp³-hybridized carbons (Fsp3) is 0.316. The van der Waals surface area contributed by atoms with Gasteiger partial charge in [-0.3, -0.25) is 14.9 Å². The first-order valence-electron chi connectivity index (χ1n) is 8.26. The highest BCUT2D eigenvalue weighted by Gasteiger charge is 2.34. The molecule has 1 aliphatic rings. The summed E-state index contributed by atoms with van der Waals surface area (Å²) in [4.78, 5) is 30.6. The number of amides is 1. The van der Waals surface area contributed by atoms with Gasteiger partial charge in [0.15, 0.2) is 10.9 Å². The van der Waals surface area contributed by atoms with Crippen LogP contribution in [0.1, 0.15) is 50.9 Å². The summed E-state index contributed by atoms with van der Waals surface area (Å²) >= 11 is 9.03. The van der Waals surface area contributed by atoms with Crippen LogP contribution in [0.5, 0.6) is 0 Å². The lowest BCUT2D eigenvalue weighted by Crippen LogP contribution is -2.26. The number of halogens is 1. The Hall–Kier alpha value is -1.76. The number of nitrogens with zero attached hydrogens (tertiary/aromatic N) is 1. The van der Waals surface area contributed by atoms with Crippen molar-refractivity contribution in [1.29, 1.82) is 0 Å². The average Bonchev–Trinajstić information content (AvgIpc) is 3.07. The number of aromatic nitrogens is 1. The van der Waals surface area contributed by atoms with Crippen molar-refractivity contribution < 1.29 is 9.59 Å². The third-order valence-electron chi connectivity index (χ3n) is 4.45. The Kier molecular flexibility index (Phi) is 4.17. The van der Waals surface area contributed by atoms with Gasteiger partial charge in [0, 0.05) is 16.5 Å². The fourth-order valence-electron chi connectivity index (χ4n) is 3.25. The van der Waals surface area contributed by atoms with Crippen molar-refractivity contribution in [3.63, 3.8) is 0 Å². The Labute approximate surface area is 164 Å². The minimum atomic E-state index is -0.286. The molecule has 0 fully saturated rings. The highest BCUT2D eigenvalue weighted by molar-refractivity contribution is 7.22. The number of benzene rings is 1. The summed E-state index contributed by atoms with van der Waals surface area (Å²) in [6.45, 7) is 6.13. The van der Waals surface area contributed by atoms with Crippen molar-refractivity contribution in [3.05, 3.63) is 44.2 Å². The zero-order valence-electron chi connectivity index (χ0n) is 14.6. The van der Waals surface area contributed by atoms with Gasteiger partial charge in [-0.15, -0.1) is 11.3 Å². The lowest BCUT2D eigenvalue weighted by molar-refractivity contribution is 0.0915. The minimum Gasteiger partial charge on any atom is -0.297 e. The maximum absolute atomic E-state index is 12.7. The van der Waals surface area contributed by atoms with E-state index in [1.54, 1.807) is 0 Å². The van der Waals surface area contributed by atoms with Crippen molar-refractivity contribution in [2.75, 3.05) is 5.32 Å². The van der Waals surface area contributed by atoms with Gasteiger partial charge in [0.05, 0.1) is 15.6 Å². The van der Waals surface area contributed by atoms with Crippen LogP contribution < -0.4 is 5.32 Å². The Morgan fingerprint density at radius 2 is 2.04 bits per heavy atom. The molecule has 134 valence electrons. The first-order valence-corrected chi connectivity index (χ1v) is 10.3. The van der Waals surface area contributed by atoms with Crippen LogP contribution in [0.2, 0.25) is 5.02 Å². The molecule has 0 unspecified atom stereocenters. The summed E-state index contributed by atoms with van der Waals surface area (Å²) in [5, 5.41) is 4.61. The van der Waals surface area contributed by atoms with Gasteiger partial charge in [-0.2, -0.15) is 0 Å². The van der Waals surface area contributed by atoms with Crippen LogP contribution in [0, 0.1) is 12.3 Å². The Morgan fingerprint density at radius 1 is 1.27 bits per heavy atom. The van der Waals surface area contributed by atoms with E-state index in [-0.39, 0.29) is 17.1 Å². The molecule has 1 aromatic carbocycles. The molecule has 2 heterocycles. The lowest BCUT2D eigenvalue weighted by Gasteiger charge is -2.26. The topological polar surface area (TPSA) is 59.1 Å². The SMILES string of the molecule is Cc1ccc2c(Cl)c(C(=O)Nc3nc4c(s3)C(=O)CC(C)(C)C4)sc2c1. The maximum Gasteiger partial charge on any atom is 0.269 e. The highest BCUT2D eigenvalue weighted by Crippen LogP contribution is 2.39. The van der Waals surface area contributed by atoms with Crippen LogP contribution in [0.4, 0.5) is 5.13 Å². The molecule has 0 spiro atoms. The largest absolute Gasteiger partial charge is 0.297 e. The molecule has 1 N–H and O–H groups in total. The van der Waals surface area contributed by atoms with Crippen molar-refractivity contribution in [3.8, 4) is 0 Å². The van der Waals surface area contributed by atoms with E-state index >= 15 is 0 Å². The van der Waals surface area contributed by atoms with Crippen LogP contribution in [0.3, 0.4) is 0 Å². The summed E-state index contributed by atoms with van der Waals surface area (Å²) in [6, 6.07) is 5.93. The van der Waals surface area contributed by atoms with Gasteiger partial charge in [0.25, 0.3) is 5.91 Å². The summed E-state index contributed by atoms with van der Waals surface area (Å²) in [6.07, 6.45) is 1.25. The number of rotatable bonds is 2. The summed E-state index contributed by atoms with van der Waals surface area (Å²) in [5.74, 6) is -0.184. The number of nitrogens with one attached hydrogen (secondary N) is 1. The highest BCUT2D eigenvalue weighted by atomic mass is 35.5. The Morgan fingerprint density at radius 3 is 2.81 bits per heavy atom. The molecular weight excluding hydrogens is 388 g/mol. The minimum absolute atomic E-state index is 0.0912. The molecule has 1 aliphatic carbocycles. The molecule has 26 heavy (non-hydrogen) atoms. The molecule has 0 saturated heterocycles. The van der Waals surface area contributed by atoms with Gasteiger partial charge in [-0.05, 0) is 30.4 Å². The van der Waals surface area contributed by atoms with E-state index in [2.05, 4.69) is 24.1 Å². The number of thiazole rings is 1. The molecule has 7 heteroatoms. The first-order chi connectivity index (χ1) is 12.2. The zero-order valence-corrected chi connectivity index (χ0v) is 17.0. The van der Waals surface area contributed by atoms with Gasteiger partial charge in [0.2, 0.25) is 0 Å². The number of thiophene rings is 1. The van der Waals surface area contributed by atoms with E-state index < -0.39 is 0 Å². The second-order valence-corrected chi connectivity index (χ2v) is 9.86. The summed E-state index contributed by atoms with van der Waals surface area (Å²) < 4.78 is 0.982. The van der Waals surface area contributed by atoms with Crippen LogP contribution in [0.25, 0.3) is 10.1 Å². The zero-order chi connectivity index (χ0) is 18.6. The summed E-state index contributed by atoms with van der Waals surface area (Å²) in [5.41, 5.74) is 1.81. The normalized spacial score (nSPS) is 15.9. The number of ketones is 1. The quantitative estimate of drug-likeness (QED) is 0.593. The summed E-state index contributed by atoms with van der Waals surface area (Å²) in [7, 11) is 0. The predicted octanol–water partition coefficient (Wildman–Crippen LogP) is 5.73. The number of Topliss-reactive ketones (excluding diaryl/α,β-unsaturated/α-hetero) is 1. The van der Waals surface area contributed by atoms with Crippen molar-refractivity contribution >= 4 is 61.2 Å². The average molecular weight is 405 g/mol. The molecule has 3 aromatic rings. The molecule has 0 radical (unpaired) electrons. The molecule has 0 bridgehead atoms. The fourth-order valence-corrected chi connectivity index (χ4v) is 5.67. The maximum atomic E-state index is 12.7. The third kappa shape index (κ3) is 3.06. The van der Waals surface area contributed by atoms with E-state index in [1.807, 2.05) is 25.1 Å². The monoisotopic (exact) mass is 404 g/mol. The number of carbonyl (C=O) groups is 2. The molecule has 2 aromatic heterocycles. The number of hydrogen-bond donors (Lipinski definition) is 1. The molecule has 1 amide bonds. The van der Waals surface area contributed by atoms with Crippen molar-refractivity contribution in [2.24, 2.45) is 5.41 Å². The number of anilines is 1. The number of aryl methyl sites for hydroxylation is 1. The lowest BCUT2D eigenvalue weighted by atomic mass is 9.78. The van der Waals surface area contributed by atoms with Crippen LogP contribution >= 0.6 is 34.3 Å². The predicted molar refractivity (Wildman–Crippen MR) is 108 cm³/mol. The van der Waals surface area contributed by atoms with Crippen molar-refractivity contribution in [2.45, 2.75) is 33.6 Å². The van der Waals surface area contributed by atoms with Gasteiger partial charge in [0.1, 0.15) is 4.88 Å². The molecule has 4 rings (SSSR count). The van der Waals surface area contributed by atoms with E-state index in [0.717, 1.165) is 27.8 Å². The van der Waals surface area contributed by atoms with E-state index in [1.165, 1.54) is 22.7 Å². The third-order valence-corrected chi connectivity index (χ3v) is 7.16. The molecular formula is C19H17ClN2O2S2. The van der Waals surface area contributed by atoms with E-state index in [0.29, 0.717) is 26.3 Å². The first kappa shape index (κ1) is 17.6. The van der Waals surface area contributed by atoms with Crippen LogP contribution in [-0.4, -0.2) is 16.7 Å². The molecule has 4 nitrogen and oxygen atoms in total. The molecule has 0 saturated carbocycles. The van der Waals surface area contributed by atoms with Gasteiger partial charge in [-0.1, -0.05) is 48.9 Å². The Balaban J connectivity index is 1.64. The smallest absolute Gasteiger partial charge is 0.269 e. The molecule has 0 aliphatic heterocycles.